The van der Waals surface area contributed by atoms with Crippen LogP contribution in [0.4, 0.5) is 0 Å². The Balaban J connectivity index is 1.91. The van der Waals surface area contributed by atoms with Crippen molar-refractivity contribution in [1.82, 2.24) is 19.4 Å². The molecule has 3 heterocycles. The average Bonchev–Trinajstić information content (AvgIpc) is 3.26. The minimum atomic E-state index is -0.546. The van der Waals surface area contributed by atoms with Crippen molar-refractivity contribution >= 4 is 11.8 Å². The number of imidazole rings is 1. The number of carbonyl (C=O) groups excluding carboxylic acids is 2. The number of rotatable bonds is 5. The first kappa shape index (κ1) is 17.9. The van der Waals surface area contributed by atoms with Crippen molar-refractivity contribution in [1.29, 1.82) is 0 Å². The first-order valence-corrected chi connectivity index (χ1v) is 8.96. The zero-order valence-electron chi connectivity index (χ0n) is 15.6. The molecule has 0 radical (unpaired) electrons. The fourth-order valence-corrected chi connectivity index (χ4v) is 4.08. The number of likely N-dealkylation sites (tertiary alicyclic amines) is 2. The van der Waals surface area contributed by atoms with Gasteiger partial charge in [-0.2, -0.15) is 0 Å². The first-order chi connectivity index (χ1) is 11.9. The van der Waals surface area contributed by atoms with Crippen molar-refractivity contribution in [3.8, 4) is 0 Å². The molecule has 0 aromatic carbocycles. The lowest BCUT2D eigenvalue weighted by atomic mass is 9.75. The Bertz CT molecular complexity index is 657. The van der Waals surface area contributed by atoms with Crippen LogP contribution in [0, 0.1) is 5.41 Å². The third-order valence-corrected chi connectivity index (χ3v) is 5.67. The summed E-state index contributed by atoms with van der Waals surface area (Å²) in [4.78, 5) is 33.5. The maximum atomic E-state index is 13.2. The third kappa shape index (κ3) is 3.05. The average molecular weight is 348 g/mol. The molecule has 138 valence electrons. The van der Waals surface area contributed by atoms with Gasteiger partial charge in [0.1, 0.15) is 0 Å². The van der Waals surface area contributed by atoms with Crippen LogP contribution in [0.15, 0.2) is 12.5 Å². The van der Waals surface area contributed by atoms with Crippen LogP contribution in [-0.2, 0) is 14.3 Å². The maximum absolute atomic E-state index is 13.2. The summed E-state index contributed by atoms with van der Waals surface area (Å²) < 4.78 is 7.19. The number of hydrogen-bond donors (Lipinski definition) is 0. The van der Waals surface area contributed by atoms with Gasteiger partial charge in [-0.25, -0.2) is 4.98 Å². The topological polar surface area (TPSA) is 67.7 Å². The van der Waals surface area contributed by atoms with Crippen molar-refractivity contribution in [2.45, 2.75) is 39.2 Å². The van der Waals surface area contributed by atoms with E-state index in [-0.39, 0.29) is 17.7 Å². The van der Waals surface area contributed by atoms with E-state index in [1.807, 2.05) is 17.4 Å². The highest BCUT2D eigenvalue weighted by atomic mass is 16.5. The molecule has 1 aromatic heterocycles. The molecule has 0 aliphatic carbocycles. The normalized spacial score (nSPS) is 26.4. The van der Waals surface area contributed by atoms with E-state index in [0.29, 0.717) is 32.3 Å². The first-order valence-electron chi connectivity index (χ1n) is 8.96. The predicted octanol–water partition coefficient (Wildman–Crippen LogP) is 1.27. The predicted molar refractivity (Wildman–Crippen MR) is 93.1 cm³/mol. The number of ether oxygens (including phenoxy) is 1. The molecule has 0 unspecified atom stereocenters. The van der Waals surface area contributed by atoms with Crippen molar-refractivity contribution in [2.24, 2.45) is 5.41 Å². The number of aromatic nitrogens is 2. The summed E-state index contributed by atoms with van der Waals surface area (Å²) in [7, 11) is 1.64. The minimum Gasteiger partial charge on any atom is -0.383 e. The summed E-state index contributed by atoms with van der Waals surface area (Å²) in [5.41, 5.74) is 0.370. The molecule has 0 N–H and O–H groups in total. The lowest BCUT2D eigenvalue weighted by molar-refractivity contribution is -0.137. The van der Waals surface area contributed by atoms with E-state index in [2.05, 4.69) is 23.4 Å². The Kier molecular flexibility index (Phi) is 4.86. The van der Waals surface area contributed by atoms with Crippen LogP contribution in [0.2, 0.25) is 0 Å². The monoisotopic (exact) mass is 348 g/mol. The van der Waals surface area contributed by atoms with Gasteiger partial charge in [-0.05, 0) is 20.3 Å². The SMILES string of the molecule is COCCN1CC[C@@]2(CN(C(C)=O)C[C@@H]2c2cn(C(C)C)cn2)C1=O. The van der Waals surface area contributed by atoms with Gasteiger partial charge in [0.2, 0.25) is 11.8 Å². The number of carbonyl (C=O) groups is 2. The molecule has 1 spiro atoms. The molecule has 3 rings (SSSR count). The minimum absolute atomic E-state index is 0.0216. The second kappa shape index (κ2) is 6.78. The van der Waals surface area contributed by atoms with Crippen LogP contribution in [0.1, 0.15) is 44.8 Å². The molecule has 25 heavy (non-hydrogen) atoms. The van der Waals surface area contributed by atoms with Gasteiger partial charge >= 0.3 is 0 Å². The zero-order chi connectivity index (χ0) is 18.2. The highest BCUT2D eigenvalue weighted by Crippen LogP contribution is 2.49. The molecular formula is C18H28N4O3. The molecule has 2 aliphatic heterocycles. The van der Waals surface area contributed by atoms with Gasteiger partial charge in [0.25, 0.3) is 0 Å². The van der Waals surface area contributed by atoms with Crippen molar-refractivity contribution in [3.63, 3.8) is 0 Å². The Morgan fingerprint density at radius 1 is 1.48 bits per heavy atom. The Labute approximate surface area is 148 Å². The van der Waals surface area contributed by atoms with Crippen molar-refractivity contribution < 1.29 is 14.3 Å². The molecule has 2 aliphatic rings. The van der Waals surface area contributed by atoms with Crippen LogP contribution in [0.3, 0.4) is 0 Å². The molecule has 7 heteroatoms. The molecule has 2 fully saturated rings. The highest BCUT2D eigenvalue weighted by Gasteiger charge is 2.58. The molecule has 2 amide bonds. The molecule has 2 atom stereocenters. The Morgan fingerprint density at radius 3 is 2.84 bits per heavy atom. The zero-order valence-corrected chi connectivity index (χ0v) is 15.6. The van der Waals surface area contributed by atoms with E-state index >= 15 is 0 Å². The van der Waals surface area contributed by atoms with E-state index in [0.717, 1.165) is 18.7 Å². The summed E-state index contributed by atoms with van der Waals surface area (Å²) in [6, 6.07) is 0.319. The van der Waals surface area contributed by atoms with E-state index in [4.69, 9.17) is 4.74 Å². The van der Waals surface area contributed by atoms with Gasteiger partial charge in [0, 0.05) is 58.4 Å². The van der Waals surface area contributed by atoms with E-state index in [1.165, 1.54) is 0 Å². The van der Waals surface area contributed by atoms with Crippen LogP contribution in [0.25, 0.3) is 0 Å². The van der Waals surface area contributed by atoms with E-state index in [9.17, 15) is 9.59 Å². The quantitative estimate of drug-likeness (QED) is 0.804. The van der Waals surface area contributed by atoms with Crippen LogP contribution >= 0.6 is 0 Å². The van der Waals surface area contributed by atoms with E-state index in [1.54, 1.807) is 18.9 Å². The van der Waals surface area contributed by atoms with Crippen molar-refractivity contribution in [3.05, 3.63) is 18.2 Å². The second-order valence-corrected chi connectivity index (χ2v) is 7.48. The van der Waals surface area contributed by atoms with E-state index < -0.39 is 5.41 Å². The smallest absolute Gasteiger partial charge is 0.231 e. The summed E-state index contributed by atoms with van der Waals surface area (Å²) >= 11 is 0. The van der Waals surface area contributed by atoms with Gasteiger partial charge < -0.3 is 19.1 Å². The standard InChI is InChI=1S/C18H28N4O3/c1-13(2)22-10-16(19-12-22)15-9-21(14(3)23)11-18(15)5-6-20(17(18)24)7-8-25-4/h10,12-13,15H,5-9,11H2,1-4H3/t15-,18+/m1/s1. The lowest BCUT2D eigenvalue weighted by Gasteiger charge is -2.27. The number of amides is 2. The molecule has 0 saturated carbocycles. The van der Waals surface area contributed by atoms with Crippen LogP contribution in [0.5, 0.6) is 0 Å². The largest absolute Gasteiger partial charge is 0.383 e. The Hall–Kier alpha value is -1.89. The number of hydrogen-bond acceptors (Lipinski definition) is 4. The van der Waals surface area contributed by atoms with Gasteiger partial charge in [-0.3, -0.25) is 9.59 Å². The van der Waals surface area contributed by atoms with Gasteiger partial charge in [-0.1, -0.05) is 0 Å². The molecule has 7 nitrogen and oxygen atoms in total. The number of methoxy groups -OCH3 is 1. The van der Waals surface area contributed by atoms with Crippen LogP contribution in [-0.4, -0.2) is 71.1 Å². The summed E-state index contributed by atoms with van der Waals surface area (Å²) in [6.45, 7) is 8.68. The van der Waals surface area contributed by atoms with Crippen molar-refractivity contribution in [2.75, 3.05) is 39.9 Å². The molecular weight excluding hydrogens is 320 g/mol. The third-order valence-electron chi connectivity index (χ3n) is 5.67. The summed E-state index contributed by atoms with van der Waals surface area (Å²) in [6.07, 6.45) is 4.62. The maximum Gasteiger partial charge on any atom is 0.231 e. The molecule has 1 aromatic rings. The fourth-order valence-electron chi connectivity index (χ4n) is 4.08. The van der Waals surface area contributed by atoms with Gasteiger partial charge in [-0.15, -0.1) is 0 Å². The van der Waals surface area contributed by atoms with Crippen LogP contribution < -0.4 is 0 Å². The van der Waals surface area contributed by atoms with Gasteiger partial charge in [0.05, 0.1) is 24.0 Å². The summed E-state index contributed by atoms with van der Waals surface area (Å²) in [5.74, 6) is 0.113. The lowest BCUT2D eigenvalue weighted by Crippen LogP contribution is -2.41. The molecule has 2 saturated heterocycles. The fraction of sp³-hybridized carbons (Fsp3) is 0.722. The highest BCUT2D eigenvalue weighted by molar-refractivity contribution is 5.88. The summed E-state index contributed by atoms with van der Waals surface area (Å²) in [5, 5.41) is 0. The second-order valence-electron chi connectivity index (χ2n) is 7.48. The molecule has 0 bridgehead atoms. The number of nitrogens with zero attached hydrogens (tertiary/aromatic N) is 4. The Morgan fingerprint density at radius 2 is 2.24 bits per heavy atom. The van der Waals surface area contributed by atoms with Gasteiger partial charge in [0.15, 0.2) is 0 Å².